The van der Waals surface area contributed by atoms with Crippen molar-refractivity contribution in [3.63, 3.8) is 0 Å². The van der Waals surface area contributed by atoms with Crippen LogP contribution >= 0.6 is 0 Å². The fourth-order valence-corrected chi connectivity index (χ4v) is 6.25. The molecule has 5 atom stereocenters. The molecule has 1 N–H and O–H groups in total. The number of aliphatic hydroxyl groups excluding tert-OH is 1. The fourth-order valence-electron chi connectivity index (χ4n) is 6.25. The fraction of sp³-hybridized carbons (Fsp3) is 0.708. The molecule has 4 aliphatic heterocycles. The van der Waals surface area contributed by atoms with Gasteiger partial charge in [-0.05, 0) is 31.8 Å². The third-order valence-electron chi connectivity index (χ3n) is 6.95. The van der Waals surface area contributed by atoms with Gasteiger partial charge in [-0.1, -0.05) is 39.0 Å². The van der Waals surface area contributed by atoms with E-state index in [1.165, 1.54) is 4.90 Å². The third-order valence-corrected chi connectivity index (χ3v) is 6.95. The number of fused-ring (bicyclic) bond motifs is 2. The molecule has 2 amide bonds. The molecule has 1 unspecified atom stereocenters. The second kappa shape index (κ2) is 7.70. The van der Waals surface area contributed by atoms with Crippen LogP contribution in [-0.2, 0) is 23.9 Å². The van der Waals surface area contributed by atoms with Crippen LogP contribution in [-0.4, -0.2) is 82.3 Å². The van der Waals surface area contributed by atoms with E-state index >= 15 is 0 Å². The van der Waals surface area contributed by atoms with Gasteiger partial charge in [-0.2, -0.15) is 0 Å². The van der Waals surface area contributed by atoms with Crippen molar-refractivity contribution in [2.24, 2.45) is 17.3 Å². The molecule has 176 valence electrons. The number of carbonyl (C=O) groups is 3. The molecule has 1 spiro atoms. The Morgan fingerprint density at radius 2 is 1.84 bits per heavy atom. The highest BCUT2D eigenvalue weighted by Gasteiger charge is 2.72. The highest BCUT2D eigenvalue weighted by Crippen LogP contribution is 2.53. The van der Waals surface area contributed by atoms with E-state index in [9.17, 15) is 19.5 Å². The Hall–Kier alpha value is -2.19. The molecule has 0 radical (unpaired) electrons. The third kappa shape index (κ3) is 3.48. The molecule has 0 aromatic carbocycles. The van der Waals surface area contributed by atoms with Gasteiger partial charge in [-0.3, -0.25) is 14.4 Å². The Kier molecular flexibility index (Phi) is 5.53. The zero-order valence-corrected chi connectivity index (χ0v) is 19.5. The maximum Gasteiger partial charge on any atom is 0.313 e. The Bertz CT molecular complexity index is 872. The number of rotatable bonds is 4. The average molecular weight is 447 g/mol. The van der Waals surface area contributed by atoms with Crippen molar-refractivity contribution in [1.82, 2.24) is 9.80 Å². The number of ether oxygens (including phenoxy) is 2. The maximum atomic E-state index is 14.1. The van der Waals surface area contributed by atoms with Crippen molar-refractivity contribution in [1.29, 1.82) is 0 Å². The van der Waals surface area contributed by atoms with Gasteiger partial charge in [0.1, 0.15) is 24.2 Å². The van der Waals surface area contributed by atoms with Crippen LogP contribution in [0.1, 0.15) is 41.0 Å². The van der Waals surface area contributed by atoms with Crippen LogP contribution in [0.2, 0.25) is 0 Å². The van der Waals surface area contributed by atoms with Crippen LogP contribution in [0.15, 0.2) is 24.3 Å². The molecule has 0 saturated carbocycles. The predicted octanol–water partition coefficient (Wildman–Crippen LogP) is 1.29. The maximum absolute atomic E-state index is 14.1. The number of hydrogen-bond donors (Lipinski definition) is 1. The summed E-state index contributed by atoms with van der Waals surface area (Å²) in [5, 5.41) is 9.68. The minimum atomic E-state index is -1.27. The first-order valence-electron chi connectivity index (χ1n) is 11.3. The molecule has 2 fully saturated rings. The van der Waals surface area contributed by atoms with Gasteiger partial charge in [0.05, 0.1) is 18.6 Å². The van der Waals surface area contributed by atoms with Gasteiger partial charge in [0, 0.05) is 18.6 Å². The van der Waals surface area contributed by atoms with Crippen molar-refractivity contribution in [2.45, 2.75) is 64.3 Å². The number of nitrogens with zero attached hydrogens (tertiary/aromatic N) is 2. The standard InChI is InChI=1S/C24H34N2O6/c1-22(2,3)14-23(4,5)26-10-7-9-24-17(16-15(32-24)8-6-13-31-21(16)30)19(28)25(11-12-27)18(24)20(26)29/h6-9,15-18,27H,10-14H2,1-5H3/t15-,16+,17+,18?,24+/m1/s1. The van der Waals surface area contributed by atoms with Gasteiger partial charge in [-0.15, -0.1) is 0 Å². The van der Waals surface area contributed by atoms with Crippen LogP contribution in [0.5, 0.6) is 0 Å². The van der Waals surface area contributed by atoms with E-state index in [4.69, 9.17) is 9.47 Å². The van der Waals surface area contributed by atoms with Crippen molar-refractivity contribution in [3.05, 3.63) is 24.3 Å². The Labute approximate surface area is 189 Å². The molecule has 8 nitrogen and oxygen atoms in total. The molecule has 0 aromatic rings. The number of carbonyl (C=O) groups excluding carboxylic acids is 3. The van der Waals surface area contributed by atoms with Crippen LogP contribution in [0.4, 0.5) is 0 Å². The van der Waals surface area contributed by atoms with Gasteiger partial charge in [-0.25, -0.2) is 0 Å². The lowest BCUT2D eigenvalue weighted by molar-refractivity contribution is -0.154. The average Bonchev–Trinajstić information content (AvgIpc) is 2.94. The van der Waals surface area contributed by atoms with Gasteiger partial charge in [0.15, 0.2) is 0 Å². The molecule has 32 heavy (non-hydrogen) atoms. The van der Waals surface area contributed by atoms with Crippen LogP contribution < -0.4 is 0 Å². The van der Waals surface area contributed by atoms with Gasteiger partial charge in [0.25, 0.3) is 0 Å². The zero-order chi connectivity index (χ0) is 23.5. The Balaban J connectivity index is 1.79. The lowest BCUT2D eigenvalue weighted by Crippen LogP contribution is -2.60. The minimum Gasteiger partial charge on any atom is -0.461 e. The van der Waals surface area contributed by atoms with E-state index in [1.54, 1.807) is 23.1 Å². The van der Waals surface area contributed by atoms with Gasteiger partial charge >= 0.3 is 5.97 Å². The van der Waals surface area contributed by atoms with Crippen molar-refractivity contribution >= 4 is 17.8 Å². The molecule has 4 heterocycles. The first-order valence-corrected chi connectivity index (χ1v) is 11.3. The second-order valence-corrected chi connectivity index (χ2v) is 11.1. The number of likely N-dealkylation sites (tertiary alicyclic amines) is 1. The van der Waals surface area contributed by atoms with Gasteiger partial charge in [0.2, 0.25) is 11.8 Å². The zero-order valence-electron chi connectivity index (χ0n) is 19.5. The van der Waals surface area contributed by atoms with E-state index in [1.807, 2.05) is 19.9 Å². The monoisotopic (exact) mass is 446 g/mol. The molecule has 0 aliphatic carbocycles. The van der Waals surface area contributed by atoms with Crippen LogP contribution in [0.25, 0.3) is 0 Å². The number of amides is 2. The summed E-state index contributed by atoms with van der Waals surface area (Å²) in [4.78, 5) is 43.7. The van der Waals surface area contributed by atoms with E-state index in [0.717, 1.165) is 6.42 Å². The van der Waals surface area contributed by atoms with E-state index in [2.05, 4.69) is 20.8 Å². The molecule has 0 bridgehead atoms. The summed E-state index contributed by atoms with van der Waals surface area (Å²) in [5.41, 5.74) is -1.76. The van der Waals surface area contributed by atoms with Crippen LogP contribution in [0.3, 0.4) is 0 Å². The number of esters is 1. The number of hydrogen-bond acceptors (Lipinski definition) is 6. The highest BCUT2D eigenvalue weighted by atomic mass is 16.6. The molecule has 2 saturated heterocycles. The van der Waals surface area contributed by atoms with Gasteiger partial charge < -0.3 is 24.4 Å². The molecular weight excluding hydrogens is 412 g/mol. The summed E-state index contributed by atoms with van der Waals surface area (Å²) < 4.78 is 11.7. The van der Waals surface area contributed by atoms with E-state index in [0.29, 0.717) is 6.54 Å². The minimum absolute atomic E-state index is 0.000499. The van der Waals surface area contributed by atoms with Crippen molar-refractivity contribution < 1.29 is 29.0 Å². The number of cyclic esters (lactones) is 1. The number of aliphatic hydroxyl groups is 1. The summed E-state index contributed by atoms with van der Waals surface area (Å²) in [7, 11) is 0. The highest BCUT2D eigenvalue weighted by molar-refractivity contribution is 5.99. The molecule has 4 aliphatic rings. The first kappa shape index (κ1) is 23.0. The van der Waals surface area contributed by atoms with Crippen LogP contribution in [0, 0.1) is 17.3 Å². The normalized spacial score (nSPS) is 34.8. The lowest BCUT2D eigenvalue weighted by Gasteiger charge is -2.44. The summed E-state index contributed by atoms with van der Waals surface area (Å²) in [6, 6.07) is -0.946. The topological polar surface area (TPSA) is 96.4 Å². The molecule has 8 heteroatoms. The second-order valence-electron chi connectivity index (χ2n) is 11.1. The lowest BCUT2D eigenvalue weighted by atomic mass is 9.77. The number of β-amino-alcohol motifs (C(OH)–C–C–N with tert-alkyl or cyclic N) is 1. The molecule has 4 rings (SSSR count). The SMILES string of the molecule is CC(C)(C)CC(C)(C)N1CC=C[C@]23O[C@@H]4C=CCOC(=O)[C@@H]4[C@H]2C(=O)N(CCO)C3C1=O. The molecular formula is C24H34N2O6. The van der Waals surface area contributed by atoms with Crippen molar-refractivity contribution in [2.75, 3.05) is 26.3 Å². The summed E-state index contributed by atoms with van der Waals surface area (Å²) in [6.45, 7) is 10.7. The van der Waals surface area contributed by atoms with E-state index in [-0.39, 0.29) is 37.0 Å². The predicted molar refractivity (Wildman–Crippen MR) is 116 cm³/mol. The Morgan fingerprint density at radius 1 is 1.12 bits per heavy atom. The Morgan fingerprint density at radius 3 is 2.50 bits per heavy atom. The quantitative estimate of drug-likeness (QED) is 0.516. The van der Waals surface area contributed by atoms with E-state index < -0.39 is 41.1 Å². The van der Waals surface area contributed by atoms with Crippen molar-refractivity contribution in [3.8, 4) is 0 Å². The largest absolute Gasteiger partial charge is 0.461 e. The summed E-state index contributed by atoms with van der Waals surface area (Å²) >= 11 is 0. The smallest absolute Gasteiger partial charge is 0.313 e. The summed E-state index contributed by atoms with van der Waals surface area (Å²) in [5.74, 6) is -2.75. The summed E-state index contributed by atoms with van der Waals surface area (Å²) in [6.07, 6.45) is 7.28. The first-order chi connectivity index (χ1) is 14.9. The molecule has 0 aromatic heterocycles.